The largest absolute Gasteiger partial charge is 0.383 e. The Kier molecular flexibility index (Phi) is 8.27. The van der Waals surface area contributed by atoms with Crippen LogP contribution in [-0.2, 0) is 16.0 Å². The summed E-state index contributed by atoms with van der Waals surface area (Å²) < 4.78 is 10.5. The first kappa shape index (κ1) is 17.9. The first-order valence-corrected chi connectivity index (χ1v) is 7.54. The lowest BCUT2D eigenvalue weighted by atomic mass is 10.1. The van der Waals surface area contributed by atoms with Crippen LogP contribution >= 0.6 is 0 Å². The van der Waals surface area contributed by atoms with Gasteiger partial charge in [0.1, 0.15) is 5.82 Å². The van der Waals surface area contributed by atoms with Gasteiger partial charge in [-0.15, -0.1) is 0 Å². The fraction of sp³-hybridized carbons (Fsp3) is 0.688. The second-order valence-corrected chi connectivity index (χ2v) is 5.25. The molecule has 0 fully saturated rings. The summed E-state index contributed by atoms with van der Waals surface area (Å²) in [6.45, 7) is 10.3. The van der Waals surface area contributed by atoms with Crippen LogP contribution in [0.1, 0.15) is 25.0 Å². The highest BCUT2D eigenvalue weighted by atomic mass is 16.5. The van der Waals surface area contributed by atoms with E-state index in [1.807, 2.05) is 6.20 Å². The summed E-state index contributed by atoms with van der Waals surface area (Å²) in [6, 6.07) is 2.46. The van der Waals surface area contributed by atoms with Crippen molar-refractivity contribution in [3.8, 4) is 0 Å². The zero-order valence-corrected chi connectivity index (χ0v) is 14.0. The highest BCUT2D eigenvalue weighted by molar-refractivity contribution is 5.48. The third kappa shape index (κ3) is 5.61. The van der Waals surface area contributed by atoms with Gasteiger partial charge in [0.25, 0.3) is 0 Å². The van der Waals surface area contributed by atoms with E-state index in [1.165, 1.54) is 11.1 Å². The Bertz CT molecular complexity index is 413. The van der Waals surface area contributed by atoms with E-state index in [-0.39, 0.29) is 6.04 Å². The number of nitrogens with zero attached hydrogens (tertiary/aromatic N) is 2. The molecule has 0 bridgehead atoms. The molecule has 0 aliphatic rings. The Morgan fingerprint density at radius 1 is 1.33 bits per heavy atom. The van der Waals surface area contributed by atoms with Crippen LogP contribution in [0, 0.1) is 6.92 Å². The summed E-state index contributed by atoms with van der Waals surface area (Å²) in [5, 5.41) is 3.32. The molecule has 5 heteroatoms. The van der Waals surface area contributed by atoms with Crippen molar-refractivity contribution in [2.45, 2.75) is 33.4 Å². The third-order valence-corrected chi connectivity index (χ3v) is 3.43. The van der Waals surface area contributed by atoms with Gasteiger partial charge in [0, 0.05) is 33.5 Å². The Morgan fingerprint density at radius 2 is 2.10 bits per heavy atom. The molecule has 1 unspecified atom stereocenters. The van der Waals surface area contributed by atoms with E-state index < -0.39 is 0 Å². The van der Waals surface area contributed by atoms with Gasteiger partial charge in [-0.3, -0.25) is 0 Å². The minimum absolute atomic E-state index is 0.260. The summed E-state index contributed by atoms with van der Waals surface area (Å²) in [5.74, 6) is 1.01. The summed E-state index contributed by atoms with van der Waals surface area (Å²) >= 11 is 0. The molecule has 0 aliphatic heterocycles. The van der Waals surface area contributed by atoms with E-state index in [0.29, 0.717) is 13.2 Å². The van der Waals surface area contributed by atoms with Gasteiger partial charge in [0.15, 0.2) is 0 Å². The summed E-state index contributed by atoms with van der Waals surface area (Å²) in [4.78, 5) is 6.91. The molecular weight excluding hydrogens is 266 g/mol. The molecule has 1 N–H and O–H groups in total. The lowest BCUT2D eigenvalue weighted by Gasteiger charge is -2.31. The molecule has 0 saturated heterocycles. The van der Waals surface area contributed by atoms with Crippen LogP contribution in [-0.4, -0.2) is 51.5 Å². The van der Waals surface area contributed by atoms with E-state index in [1.54, 1.807) is 14.2 Å². The normalized spacial score (nSPS) is 12.4. The summed E-state index contributed by atoms with van der Waals surface area (Å²) in [5.41, 5.74) is 2.40. The van der Waals surface area contributed by atoms with Gasteiger partial charge in [0.2, 0.25) is 0 Å². The highest BCUT2D eigenvalue weighted by Gasteiger charge is 2.17. The van der Waals surface area contributed by atoms with Gasteiger partial charge in [-0.05, 0) is 37.6 Å². The molecule has 1 aromatic rings. The predicted molar refractivity (Wildman–Crippen MR) is 86.9 cm³/mol. The minimum atomic E-state index is 0.260. The quantitative estimate of drug-likeness (QED) is 0.715. The Labute approximate surface area is 128 Å². The molecule has 120 valence electrons. The highest BCUT2D eigenvalue weighted by Crippen LogP contribution is 2.20. The van der Waals surface area contributed by atoms with E-state index in [4.69, 9.17) is 9.47 Å². The van der Waals surface area contributed by atoms with Crippen molar-refractivity contribution in [2.75, 3.05) is 45.4 Å². The van der Waals surface area contributed by atoms with Gasteiger partial charge < -0.3 is 19.7 Å². The molecule has 0 saturated carbocycles. The second kappa shape index (κ2) is 9.71. The molecule has 1 atom stereocenters. The van der Waals surface area contributed by atoms with Crippen molar-refractivity contribution in [1.82, 2.24) is 10.3 Å². The van der Waals surface area contributed by atoms with Crippen LogP contribution in [0.3, 0.4) is 0 Å². The first-order valence-electron chi connectivity index (χ1n) is 7.54. The van der Waals surface area contributed by atoms with E-state index >= 15 is 0 Å². The number of aryl methyl sites for hydroxylation is 1. The minimum Gasteiger partial charge on any atom is -0.383 e. The van der Waals surface area contributed by atoms with E-state index in [0.717, 1.165) is 25.5 Å². The van der Waals surface area contributed by atoms with E-state index in [9.17, 15) is 0 Å². The molecule has 0 aromatic carbocycles. The van der Waals surface area contributed by atoms with Gasteiger partial charge in [-0.2, -0.15) is 0 Å². The van der Waals surface area contributed by atoms with Gasteiger partial charge in [0.05, 0.1) is 19.3 Å². The number of hydrogen-bond donors (Lipinski definition) is 1. The number of aromatic nitrogens is 1. The fourth-order valence-corrected chi connectivity index (χ4v) is 2.35. The van der Waals surface area contributed by atoms with Crippen molar-refractivity contribution >= 4 is 5.82 Å². The maximum absolute atomic E-state index is 5.28. The zero-order valence-electron chi connectivity index (χ0n) is 14.0. The van der Waals surface area contributed by atoms with Crippen LogP contribution in [0.15, 0.2) is 12.3 Å². The number of methoxy groups -OCH3 is 2. The smallest absolute Gasteiger partial charge is 0.131 e. The maximum atomic E-state index is 5.28. The number of pyridine rings is 1. The van der Waals surface area contributed by atoms with Crippen LogP contribution in [0.2, 0.25) is 0 Å². The Morgan fingerprint density at radius 3 is 2.67 bits per heavy atom. The lowest BCUT2D eigenvalue weighted by molar-refractivity contribution is 0.170. The average Bonchev–Trinajstić information content (AvgIpc) is 2.47. The number of rotatable bonds is 10. The Balaban J connectivity index is 2.90. The second-order valence-electron chi connectivity index (χ2n) is 5.25. The molecule has 21 heavy (non-hydrogen) atoms. The number of hydrogen-bond acceptors (Lipinski definition) is 5. The van der Waals surface area contributed by atoms with Gasteiger partial charge in [-0.25, -0.2) is 4.98 Å². The van der Waals surface area contributed by atoms with Crippen LogP contribution in [0.25, 0.3) is 0 Å². The van der Waals surface area contributed by atoms with Crippen molar-refractivity contribution < 1.29 is 9.47 Å². The number of ether oxygens (including phenoxy) is 2. The topological polar surface area (TPSA) is 46.6 Å². The number of anilines is 1. The van der Waals surface area contributed by atoms with Crippen LogP contribution in [0.4, 0.5) is 5.82 Å². The van der Waals surface area contributed by atoms with Crippen molar-refractivity contribution in [3.05, 3.63) is 23.4 Å². The molecule has 0 spiro atoms. The summed E-state index contributed by atoms with van der Waals surface area (Å²) in [6.07, 6.45) is 1.95. The van der Waals surface area contributed by atoms with Crippen LogP contribution < -0.4 is 10.2 Å². The molecule has 5 nitrogen and oxygen atoms in total. The van der Waals surface area contributed by atoms with E-state index in [2.05, 4.69) is 42.0 Å². The van der Waals surface area contributed by atoms with Crippen molar-refractivity contribution in [2.24, 2.45) is 0 Å². The SMILES string of the molecule is CCNCc1cnc(N(CCOC)C(C)COC)c(C)c1. The zero-order chi connectivity index (χ0) is 15.7. The third-order valence-electron chi connectivity index (χ3n) is 3.43. The number of nitrogens with one attached hydrogen (secondary N) is 1. The summed E-state index contributed by atoms with van der Waals surface area (Å²) in [7, 11) is 3.45. The van der Waals surface area contributed by atoms with Crippen LogP contribution in [0.5, 0.6) is 0 Å². The molecule has 1 rings (SSSR count). The molecule has 1 aromatic heterocycles. The molecule has 0 radical (unpaired) electrons. The molecule has 0 aliphatic carbocycles. The molecular formula is C16H29N3O2. The lowest BCUT2D eigenvalue weighted by Crippen LogP contribution is -2.39. The first-order chi connectivity index (χ1) is 10.1. The predicted octanol–water partition coefficient (Wildman–Crippen LogP) is 1.99. The average molecular weight is 295 g/mol. The monoisotopic (exact) mass is 295 g/mol. The molecule has 0 amide bonds. The van der Waals surface area contributed by atoms with Crippen molar-refractivity contribution in [1.29, 1.82) is 0 Å². The molecule has 1 heterocycles. The van der Waals surface area contributed by atoms with Gasteiger partial charge in [-0.1, -0.05) is 6.92 Å². The van der Waals surface area contributed by atoms with Gasteiger partial charge >= 0.3 is 0 Å². The maximum Gasteiger partial charge on any atom is 0.131 e. The fourth-order valence-electron chi connectivity index (χ4n) is 2.35. The Hall–Kier alpha value is -1.17. The standard InChI is InChI=1S/C16H29N3O2/c1-6-17-10-15-9-13(2)16(18-11-15)19(7-8-20-4)14(3)12-21-5/h9,11,14,17H,6-8,10,12H2,1-5H3. The van der Waals surface area contributed by atoms with Crippen molar-refractivity contribution in [3.63, 3.8) is 0 Å².